The number of hydrogen-bond acceptors (Lipinski definition) is 18. The highest BCUT2D eigenvalue weighted by atomic mass is 15.1. The largest absolute Gasteiger partial charge is 0.329 e. The van der Waals surface area contributed by atoms with Gasteiger partial charge in [0, 0.05) is 39.3 Å². The summed E-state index contributed by atoms with van der Waals surface area (Å²) >= 11 is 0. The van der Waals surface area contributed by atoms with Crippen molar-refractivity contribution in [2.75, 3.05) is 239 Å². The van der Waals surface area contributed by atoms with Crippen LogP contribution in [0.5, 0.6) is 0 Å². The molecule has 0 saturated carbocycles. The molecular formula is C88H210N18. The molecule has 18 nitrogen and oxygen atoms in total. The van der Waals surface area contributed by atoms with Crippen molar-refractivity contribution < 1.29 is 0 Å². The molecule has 18 N–H and O–H groups in total. The van der Waals surface area contributed by atoms with E-state index in [1.807, 2.05) is 49.3 Å². The minimum atomic E-state index is 0.737. The fraction of sp³-hybridized carbons (Fsp3) is 1.00. The van der Waals surface area contributed by atoms with E-state index in [2.05, 4.69) is 147 Å². The van der Waals surface area contributed by atoms with Crippen LogP contribution in [0, 0.1) is 0 Å². The topological polar surface area (TPSA) is 227 Å². The van der Waals surface area contributed by atoms with Crippen molar-refractivity contribution in [3.63, 3.8) is 0 Å². The number of nitrogens with one attached hydrogen (secondary N) is 14. The maximum absolute atomic E-state index is 5.50. The van der Waals surface area contributed by atoms with Crippen LogP contribution in [0.4, 0.5) is 0 Å². The van der Waals surface area contributed by atoms with Gasteiger partial charge in [0.1, 0.15) is 0 Å². The van der Waals surface area contributed by atoms with E-state index < -0.39 is 0 Å². The molecule has 0 spiro atoms. The van der Waals surface area contributed by atoms with Crippen LogP contribution in [0.3, 0.4) is 0 Å². The van der Waals surface area contributed by atoms with Crippen LogP contribution >= 0.6 is 0 Å². The van der Waals surface area contributed by atoms with Crippen LogP contribution in [0.25, 0.3) is 0 Å². The Bertz CT molecular complexity index is 1190. The lowest BCUT2D eigenvalue weighted by atomic mass is 10.2. The van der Waals surface area contributed by atoms with E-state index in [0.29, 0.717) is 0 Å². The monoisotopic (exact) mass is 1520 g/mol. The second kappa shape index (κ2) is 134. The fourth-order valence-corrected chi connectivity index (χ4v) is 11.3. The number of unbranched alkanes of at least 4 members (excludes halogenated alkanes) is 27. The fourth-order valence-electron chi connectivity index (χ4n) is 11.3. The van der Waals surface area contributed by atoms with Crippen molar-refractivity contribution in [2.45, 2.75) is 338 Å². The predicted molar refractivity (Wildman–Crippen MR) is 488 cm³/mol. The summed E-state index contributed by atoms with van der Waals surface area (Å²) in [6.07, 6.45) is 57.2. The maximum Gasteiger partial charge on any atom is 0.0107 e. The minimum absolute atomic E-state index is 0.737. The van der Waals surface area contributed by atoms with Crippen LogP contribution in [-0.4, -0.2) is 249 Å². The summed E-state index contributed by atoms with van der Waals surface area (Å²) in [7, 11) is 14.1. The second-order valence-electron chi connectivity index (χ2n) is 29.3. The van der Waals surface area contributed by atoms with Gasteiger partial charge in [-0.2, -0.15) is 0 Å². The number of nitrogens with two attached hydrogens (primary N) is 2. The average molecular weight is 1520 g/mol. The molecular weight excluding hydrogens is 1310 g/mol. The first-order valence-electron chi connectivity index (χ1n) is 46.5. The van der Waals surface area contributed by atoms with Gasteiger partial charge in [-0.1, -0.05) is 191 Å². The predicted octanol–water partition coefficient (Wildman–Crippen LogP) is 15.0. The maximum atomic E-state index is 5.50. The molecule has 0 aromatic rings. The SMILES string of the molecule is CCCCCCN(CCCCCNC)CCNCCN.CCCCCCNC.CCCCCCNCCCCCNC.CCCCCCNCCCCCNCCCCCNC.CCCCN(CCC)CCN.CCCNC.CCCNCCCCCNC.CCCNCCCCCNCCCCCNC. The van der Waals surface area contributed by atoms with Gasteiger partial charge in [-0.15, -0.1) is 0 Å². The zero-order valence-electron chi connectivity index (χ0n) is 76.0. The van der Waals surface area contributed by atoms with Gasteiger partial charge < -0.3 is 95.7 Å². The zero-order chi connectivity index (χ0) is 80.0. The second-order valence-corrected chi connectivity index (χ2v) is 29.3. The van der Waals surface area contributed by atoms with Crippen molar-refractivity contribution in [3.05, 3.63) is 0 Å². The highest BCUT2D eigenvalue weighted by molar-refractivity contribution is 4.63. The molecule has 0 rings (SSSR count). The average Bonchev–Trinajstić information content (AvgIpc) is 1.42. The number of hydrogen-bond donors (Lipinski definition) is 16. The Hall–Kier alpha value is -0.720. The Morgan fingerprint density at radius 3 is 0.594 bits per heavy atom. The van der Waals surface area contributed by atoms with Crippen molar-refractivity contribution in [3.8, 4) is 0 Å². The van der Waals surface area contributed by atoms with Gasteiger partial charge in [-0.05, 0) is 348 Å². The van der Waals surface area contributed by atoms with E-state index >= 15 is 0 Å². The van der Waals surface area contributed by atoms with E-state index in [9.17, 15) is 0 Å². The van der Waals surface area contributed by atoms with E-state index in [-0.39, 0.29) is 0 Å². The molecule has 106 heavy (non-hydrogen) atoms. The first-order valence-corrected chi connectivity index (χ1v) is 46.5. The lowest BCUT2D eigenvalue weighted by Gasteiger charge is -2.22. The van der Waals surface area contributed by atoms with Gasteiger partial charge in [0.05, 0.1) is 0 Å². The van der Waals surface area contributed by atoms with Crippen molar-refractivity contribution in [2.24, 2.45) is 11.5 Å². The van der Waals surface area contributed by atoms with E-state index in [4.69, 9.17) is 11.5 Å². The quantitative estimate of drug-likeness (QED) is 0.0254. The third kappa shape index (κ3) is 149. The molecule has 0 radical (unpaired) electrons. The molecule has 0 aliphatic heterocycles. The molecule has 18 heteroatoms. The summed E-state index contributed by atoms with van der Waals surface area (Å²) in [4.78, 5) is 5.07. The summed E-state index contributed by atoms with van der Waals surface area (Å²) in [6, 6.07) is 0. The molecule has 0 amide bonds. The molecule has 0 saturated heterocycles. The molecule has 0 atom stereocenters. The van der Waals surface area contributed by atoms with Gasteiger partial charge in [-0.3, -0.25) is 0 Å². The Balaban J connectivity index is -0.000000177. The first kappa shape index (κ1) is 121. The lowest BCUT2D eigenvalue weighted by Crippen LogP contribution is -2.35. The molecule has 0 aromatic carbocycles. The van der Waals surface area contributed by atoms with Crippen molar-refractivity contribution >= 4 is 0 Å². The van der Waals surface area contributed by atoms with Crippen LogP contribution in [0.2, 0.25) is 0 Å². The van der Waals surface area contributed by atoms with Crippen LogP contribution < -0.4 is 85.9 Å². The summed E-state index contributed by atoms with van der Waals surface area (Å²) in [5, 5.41) is 46.4. The standard InChI is InChI=1S/C17H39N3.C16H38N4.C14H33N3.C12H28N2.2C9H22N2.C7H17N.C4H11N/c1-3-4-5-9-14-19-16-11-7-12-17-20-15-10-6-8-13-18-2;1-3-4-5-8-14-20(16-13-19-12-10-17)15-9-6-7-11-18-2;1-3-10-16-12-8-5-9-14-17-13-7-4-6-11-15-2;1-3-4-5-8-11-14-12-9-6-7-10-13-2;1-3-7-11-9-6-4-5-8-10-2;1-3-5-8-11(7-4-2)9-6-10;1-3-4-5-6-7-8-2;1-3-4-5-2/h18-20H,3-17H2,1-2H3;18-19H,3-17H2,1-2H3;15-17H,3-14H2,1-2H3;13-14H,3-12H2,1-2H3;10-11H,3-9H2,1-2H3;3-10H2,1-2H3;8H,3-7H2,1-2H3;5H,3-4H2,1-2H3. The van der Waals surface area contributed by atoms with Gasteiger partial charge in [0.2, 0.25) is 0 Å². The Morgan fingerprint density at radius 1 is 0.151 bits per heavy atom. The molecule has 0 heterocycles. The summed E-state index contributed by atoms with van der Waals surface area (Å²) < 4.78 is 0. The molecule has 0 aliphatic rings. The van der Waals surface area contributed by atoms with Crippen LogP contribution in [0.1, 0.15) is 338 Å². The van der Waals surface area contributed by atoms with Gasteiger partial charge in [-0.25, -0.2) is 0 Å². The lowest BCUT2D eigenvalue weighted by molar-refractivity contribution is 0.261. The zero-order valence-corrected chi connectivity index (χ0v) is 76.0. The highest BCUT2D eigenvalue weighted by Gasteiger charge is 2.05. The van der Waals surface area contributed by atoms with E-state index in [1.165, 1.54) is 387 Å². The van der Waals surface area contributed by atoms with Crippen LogP contribution in [-0.2, 0) is 0 Å². The van der Waals surface area contributed by atoms with Crippen molar-refractivity contribution in [1.82, 2.24) is 84.2 Å². The summed E-state index contributed by atoms with van der Waals surface area (Å²) in [5.41, 5.74) is 11.0. The van der Waals surface area contributed by atoms with E-state index in [1.54, 1.807) is 0 Å². The van der Waals surface area contributed by atoms with Crippen molar-refractivity contribution in [1.29, 1.82) is 0 Å². The molecule has 652 valence electrons. The summed E-state index contributed by atoms with van der Waals surface area (Å²) in [6.45, 7) is 53.2. The molecule has 0 bridgehead atoms. The van der Waals surface area contributed by atoms with E-state index in [0.717, 1.165) is 78.5 Å². The van der Waals surface area contributed by atoms with Gasteiger partial charge in [0.15, 0.2) is 0 Å². The normalized spacial score (nSPS) is 10.8. The molecule has 0 unspecified atom stereocenters. The van der Waals surface area contributed by atoms with Crippen LogP contribution in [0.15, 0.2) is 0 Å². The minimum Gasteiger partial charge on any atom is -0.329 e. The third-order valence-electron chi connectivity index (χ3n) is 18.1. The number of rotatable bonds is 80. The van der Waals surface area contributed by atoms with Gasteiger partial charge in [0.25, 0.3) is 0 Å². The Labute approximate surface area is 669 Å². The summed E-state index contributed by atoms with van der Waals surface area (Å²) in [5.74, 6) is 0. The first-order chi connectivity index (χ1) is 52.2. The molecule has 0 aromatic heterocycles. The third-order valence-corrected chi connectivity index (χ3v) is 18.1. The molecule has 0 fully saturated rings. The number of nitrogens with zero attached hydrogens (tertiary/aromatic N) is 2. The smallest absolute Gasteiger partial charge is 0.0107 e. The molecule has 0 aliphatic carbocycles. The Morgan fingerprint density at radius 2 is 0.368 bits per heavy atom. The Kier molecular flexibility index (Phi) is 152. The highest BCUT2D eigenvalue weighted by Crippen LogP contribution is 2.06. The van der Waals surface area contributed by atoms with Gasteiger partial charge >= 0.3 is 0 Å².